The fourth-order valence-electron chi connectivity index (χ4n) is 1.42. The normalized spacial score (nSPS) is 11.9. The number of amides is 1. The number of hydrogen-bond donors (Lipinski definition) is 2. The third-order valence-corrected chi connectivity index (χ3v) is 2.38. The number of aryl methyl sites for hydroxylation is 1. The van der Waals surface area contributed by atoms with Gasteiger partial charge in [0.15, 0.2) is 6.04 Å². The maximum atomic E-state index is 13.0. The first-order valence-corrected chi connectivity index (χ1v) is 5.24. The van der Waals surface area contributed by atoms with Gasteiger partial charge in [-0.2, -0.15) is 0 Å². The molecule has 2 N–H and O–H groups in total. The van der Waals surface area contributed by atoms with E-state index in [1.54, 1.807) is 6.92 Å². The van der Waals surface area contributed by atoms with E-state index in [0.717, 1.165) is 6.07 Å². The van der Waals surface area contributed by atoms with E-state index in [4.69, 9.17) is 5.11 Å². The van der Waals surface area contributed by atoms with E-state index in [2.05, 4.69) is 10.1 Å². The van der Waals surface area contributed by atoms with E-state index in [1.165, 1.54) is 19.2 Å². The lowest BCUT2D eigenvalue weighted by Crippen LogP contribution is -2.44. The number of rotatable bonds is 5. The predicted molar refractivity (Wildman–Crippen MR) is 61.9 cm³/mol. The molecule has 0 saturated carbocycles. The number of benzene rings is 1. The molecule has 0 fully saturated rings. The Hall–Kier alpha value is -1.95. The van der Waals surface area contributed by atoms with E-state index in [0.29, 0.717) is 5.56 Å². The van der Waals surface area contributed by atoms with Gasteiger partial charge >= 0.3 is 5.97 Å². The van der Waals surface area contributed by atoms with Crippen molar-refractivity contribution in [1.82, 2.24) is 5.32 Å². The Morgan fingerprint density at radius 1 is 1.50 bits per heavy atom. The van der Waals surface area contributed by atoms with Gasteiger partial charge in [0.05, 0.1) is 6.61 Å². The summed E-state index contributed by atoms with van der Waals surface area (Å²) in [6, 6.07) is 2.59. The molecule has 0 aliphatic rings. The molecule has 1 atom stereocenters. The van der Waals surface area contributed by atoms with Gasteiger partial charge in [-0.3, -0.25) is 4.79 Å². The van der Waals surface area contributed by atoms with Crippen LogP contribution >= 0.6 is 0 Å². The molecule has 0 bridgehead atoms. The number of halogens is 1. The average Bonchev–Trinajstić information content (AvgIpc) is 2.31. The lowest BCUT2D eigenvalue weighted by atomic mass is 10.1. The number of carbonyl (C=O) groups is 2. The molecule has 1 aromatic carbocycles. The van der Waals surface area contributed by atoms with Crippen LogP contribution in [0.3, 0.4) is 0 Å². The highest BCUT2D eigenvalue weighted by molar-refractivity contribution is 5.97. The molecule has 18 heavy (non-hydrogen) atoms. The Balaban J connectivity index is 2.86. The van der Waals surface area contributed by atoms with Crippen LogP contribution in [0.1, 0.15) is 15.9 Å². The minimum absolute atomic E-state index is 0.109. The highest BCUT2D eigenvalue weighted by Gasteiger charge is 2.21. The molecule has 1 unspecified atom stereocenters. The number of nitrogens with one attached hydrogen (secondary N) is 1. The molecule has 1 amide bonds. The van der Waals surface area contributed by atoms with Gasteiger partial charge in [0.25, 0.3) is 5.91 Å². The number of carboxylic acids is 1. The number of carbonyl (C=O) groups excluding carboxylic acids is 1. The van der Waals surface area contributed by atoms with Crippen molar-refractivity contribution < 1.29 is 23.8 Å². The van der Waals surface area contributed by atoms with Crippen molar-refractivity contribution in [2.45, 2.75) is 13.0 Å². The van der Waals surface area contributed by atoms with Crippen LogP contribution in [0.5, 0.6) is 0 Å². The molecule has 0 spiro atoms. The summed E-state index contributed by atoms with van der Waals surface area (Å²) in [4.78, 5) is 22.7. The topological polar surface area (TPSA) is 75.6 Å². The summed E-state index contributed by atoms with van der Waals surface area (Å²) in [6.45, 7) is 1.48. The minimum Gasteiger partial charge on any atom is -0.480 e. The second kappa shape index (κ2) is 6.11. The zero-order chi connectivity index (χ0) is 13.7. The first kappa shape index (κ1) is 14.1. The molecule has 0 radical (unpaired) electrons. The summed E-state index contributed by atoms with van der Waals surface area (Å²) in [6.07, 6.45) is 0. The van der Waals surface area contributed by atoms with Crippen molar-refractivity contribution in [3.05, 3.63) is 35.1 Å². The number of ether oxygens (including phenoxy) is 1. The number of hydrogen-bond acceptors (Lipinski definition) is 3. The Morgan fingerprint density at radius 2 is 2.17 bits per heavy atom. The second-order valence-electron chi connectivity index (χ2n) is 3.78. The molecule has 1 aromatic rings. The monoisotopic (exact) mass is 255 g/mol. The van der Waals surface area contributed by atoms with Gasteiger partial charge in [-0.05, 0) is 24.6 Å². The smallest absolute Gasteiger partial charge is 0.328 e. The molecule has 0 aromatic heterocycles. The molecule has 98 valence electrons. The third-order valence-electron chi connectivity index (χ3n) is 2.38. The minimum atomic E-state index is -1.21. The summed E-state index contributed by atoms with van der Waals surface area (Å²) in [5.74, 6) is -2.40. The SMILES string of the molecule is COCC(NC(=O)c1cc(F)ccc1C)C(=O)O. The zero-order valence-electron chi connectivity index (χ0n) is 10.1. The van der Waals surface area contributed by atoms with Crippen molar-refractivity contribution >= 4 is 11.9 Å². The van der Waals surface area contributed by atoms with Gasteiger partial charge in [-0.1, -0.05) is 6.07 Å². The van der Waals surface area contributed by atoms with Crippen molar-refractivity contribution in [3.63, 3.8) is 0 Å². The highest BCUT2D eigenvalue weighted by atomic mass is 19.1. The van der Waals surface area contributed by atoms with E-state index in [1.807, 2.05) is 0 Å². The first-order valence-electron chi connectivity index (χ1n) is 5.24. The molecule has 1 rings (SSSR count). The molecule has 0 heterocycles. The van der Waals surface area contributed by atoms with Gasteiger partial charge in [0.2, 0.25) is 0 Å². The van der Waals surface area contributed by atoms with E-state index >= 15 is 0 Å². The van der Waals surface area contributed by atoms with Crippen molar-refractivity contribution in [3.8, 4) is 0 Å². The van der Waals surface area contributed by atoms with Crippen LogP contribution in [0.2, 0.25) is 0 Å². The Labute approximate surface area is 104 Å². The van der Waals surface area contributed by atoms with Crippen molar-refractivity contribution in [1.29, 1.82) is 0 Å². The standard InChI is InChI=1S/C12H14FNO4/c1-7-3-4-8(13)5-9(7)11(15)14-10(6-18-2)12(16)17/h3-5,10H,6H2,1-2H3,(H,14,15)(H,16,17). The van der Waals surface area contributed by atoms with Crippen LogP contribution < -0.4 is 5.32 Å². The predicted octanol–water partition coefficient (Wildman–Crippen LogP) is 0.964. The molecular weight excluding hydrogens is 241 g/mol. The van der Waals surface area contributed by atoms with Crippen molar-refractivity contribution in [2.75, 3.05) is 13.7 Å². The molecule has 0 aliphatic carbocycles. The fraction of sp³-hybridized carbons (Fsp3) is 0.333. The summed E-state index contributed by atoms with van der Waals surface area (Å²) < 4.78 is 17.7. The van der Waals surface area contributed by atoms with Gasteiger partial charge in [-0.15, -0.1) is 0 Å². The molecule has 0 aliphatic heterocycles. The van der Waals surface area contributed by atoms with E-state index in [9.17, 15) is 14.0 Å². The Kier molecular flexibility index (Phi) is 4.79. The molecule has 0 saturated heterocycles. The Bertz CT molecular complexity index is 461. The van der Waals surface area contributed by atoms with Crippen LogP contribution in [0.4, 0.5) is 4.39 Å². The lowest BCUT2D eigenvalue weighted by Gasteiger charge is -2.14. The lowest BCUT2D eigenvalue weighted by molar-refractivity contribution is -0.140. The maximum Gasteiger partial charge on any atom is 0.328 e. The number of methoxy groups -OCH3 is 1. The summed E-state index contributed by atoms with van der Waals surface area (Å²) in [5, 5.41) is 11.1. The first-order chi connectivity index (χ1) is 8.45. The summed E-state index contributed by atoms with van der Waals surface area (Å²) in [7, 11) is 1.33. The number of aliphatic carboxylic acids is 1. The quantitative estimate of drug-likeness (QED) is 0.821. The second-order valence-corrected chi connectivity index (χ2v) is 3.78. The van der Waals surface area contributed by atoms with E-state index in [-0.39, 0.29) is 12.2 Å². The van der Waals surface area contributed by atoms with Crippen molar-refractivity contribution in [2.24, 2.45) is 0 Å². The number of carboxylic acid groups (broad SMARTS) is 1. The van der Waals surface area contributed by atoms with Crippen LogP contribution in [0.15, 0.2) is 18.2 Å². The average molecular weight is 255 g/mol. The zero-order valence-corrected chi connectivity index (χ0v) is 10.1. The molecule has 5 nitrogen and oxygen atoms in total. The van der Waals surface area contributed by atoms with Crippen LogP contribution in [-0.4, -0.2) is 36.7 Å². The van der Waals surface area contributed by atoms with Gasteiger partial charge in [0.1, 0.15) is 5.82 Å². The van der Waals surface area contributed by atoms with Crippen LogP contribution in [-0.2, 0) is 9.53 Å². The molecular formula is C12H14FNO4. The summed E-state index contributed by atoms with van der Waals surface area (Å²) in [5.41, 5.74) is 0.674. The highest BCUT2D eigenvalue weighted by Crippen LogP contribution is 2.10. The van der Waals surface area contributed by atoms with Crippen LogP contribution in [0, 0.1) is 12.7 Å². The van der Waals surface area contributed by atoms with Crippen LogP contribution in [0.25, 0.3) is 0 Å². The molecule has 6 heteroatoms. The van der Waals surface area contributed by atoms with E-state index < -0.39 is 23.7 Å². The van der Waals surface area contributed by atoms with Gasteiger partial charge in [-0.25, -0.2) is 9.18 Å². The maximum absolute atomic E-state index is 13.0. The van der Waals surface area contributed by atoms with Gasteiger partial charge in [0, 0.05) is 12.7 Å². The Morgan fingerprint density at radius 3 is 2.72 bits per heavy atom. The summed E-state index contributed by atoms with van der Waals surface area (Å²) >= 11 is 0. The third kappa shape index (κ3) is 3.53. The van der Waals surface area contributed by atoms with Gasteiger partial charge < -0.3 is 15.2 Å². The largest absolute Gasteiger partial charge is 0.480 e. The fourth-order valence-corrected chi connectivity index (χ4v) is 1.42.